The highest BCUT2D eigenvalue weighted by Crippen LogP contribution is 2.34. The number of anilines is 1. The summed E-state index contributed by atoms with van der Waals surface area (Å²) in [6.45, 7) is 1.94. The summed E-state index contributed by atoms with van der Waals surface area (Å²) in [5.74, 6) is -1.11. The fourth-order valence-electron chi connectivity index (χ4n) is 2.65. The van der Waals surface area contributed by atoms with Gasteiger partial charge in [0.2, 0.25) is 0 Å². The van der Waals surface area contributed by atoms with Gasteiger partial charge in [-0.1, -0.05) is 23.7 Å². The largest absolute Gasteiger partial charge is 0.490 e. The molecule has 0 aliphatic heterocycles. The molecule has 3 amide bonds. The molecule has 2 aromatic carbocycles. The van der Waals surface area contributed by atoms with Gasteiger partial charge in [0.15, 0.2) is 18.1 Å². The Bertz CT molecular complexity index is 1070. The number of para-hydroxylation sites is 1. The summed E-state index contributed by atoms with van der Waals surface area (Å²) in [6.07, 6.45) is 3.16. The molecule has 1 saturated carbocycles. The quantitative estimate of drug-likeness (QED) is 0.181. The van der Waals surface area contributed by atoms with Gasteiger partial charge in [-0.15, -0.1) is 0 Å². The van der Waals surface area contributed by atoms with E-state index in [-0.39, 0.29) is 18.6 Å². The lowest BCUT2D eigenvalue weighted by molar-refractivity contribution is -0.139. The molecule has 0 radical (unpaired) electrons. The van der Waals surface area contributed by atoms with Crippen molar-refractivity contribution >= 4 is 63.8 Å². The first-order valence-corrected chi connectivity index (χ1v) is 11.6. The van der Waals surface area contributed by atoms with Crippen LogP contribution in [-0.2, 0) is 14.4 Å². The second-order valence-electron chi connectivity index (χ2n) is 7.03. The van der Waals surface area contributed by atoms with Gasteiger partial charge in [-0.2, -0.15) is 5.10 Å². The maximum atomic E-state index is 12.3. The minimum Gasteiger partial charge on any atom is -0.490 e. The number of carbonyl (C=O) groups excluding carboxylic acids is 3. The summed E-state index contributed by atoms with van der Waals surface area (Å²) in [4.78, 5) is 35.7. The summed E-state index contributed by atoms with van der Waals surface area (Å²) < 4.78 is 12.0. The molecule has 0 unspecified atom stereocenters. The zero-order chi connectivity index (χ0) is 23.8. The summed E-state index contributed by atoms with van der Waals surface area (Å²) in [5.41, 5.74) is 3.30. The molecule has 33 heavy (non-hydrogen) atoms. The molecule has 1 aliphatic rings. The average molecular weight is 585 g/mol. The van der Waals surface area contributed by atoms with Crippen molar-refractivity contribution in [3.8, 4) is 11.5 Å². The molecule has 0 aromatic heterocycles. The summed E-state index contributed by atoms with van der Waals surface area (Å²) in [6, 6.07) is 10.4. The molecule has 0 heterocycles. The van der Waals surface area contributed by atoms with E-state index < -0.39 is 11.8 Å². The SMILES string of the molecule is CCOc1cc(/C=N\NC(=O)C(=O)NC2CC2)cc(I)c1OCC(=O)Nc1ccccc1Cl. The normalized spacial score (nSPS) is 12.8. The summed E-state index contributed by atoms with van der Waals surface area (Å²) >= 11 is 8.11. The minimum atomic E-state index is -0.831. The molecule has 3 N–H and O–H groups in total. The van der Waals surface area contributed by atoms with Crippen molar-refractivity contribution in [3.63, 3.8) is 0 Å². The lowest BCUT2D eigenvalue weighted by atomic mass is 10.2. The lowest BCUT2D eigenvalue weighted by Gasteiger charge is -2.15. The first kappa shape index (κ1) is 24.8. The molecular formula is C22H22ClIN4O5. The molecule has 2 aromatic rings. The third-order valence-corrected chi connectivity index (χ3v) is 5.46. The van der Waals surface area contributed by atoms with Gasteiger partial charge < -0.3 is 20.1 Å². The maximum Gasteiger partial charge on any atom is 0.329 e. The van der Waals surface area contributed by atoms with Crippen LogP contribution in [0.3, 0.4) is 0 Å². The predicted octanol–water partition coefficient (Wildman–Crippen LogP) is 3.09. The van der Waals surface area contributed by atoms with Crippen LogP contribution in [0.1, 0.15) is 25.3 Å². The van der Waals surface area contributed by atoms with Crippen molar-refractivity contribution < 1.29 is 23.9 Å². The Labute approximate surface area is 209 Å². The topological polar surface area (TPSA) is 118 Å². The molecule has 3 rings (SSSR count). The van der Waals surface area contributed by atoms with E-state index in [4.69, 9.17) is 21.1 Å². The number of halogens is 2. The number of hydrogen-bond acceptors (Lipinski definition) is 6. The molecule has 0 atom stereocenters. The van der Waals surface area contributed by atoms with Crippen molar-refractivity contribution in [2.45, 2.75) is 25.8 Å². The Balaban J connectivity index is 1.62. The number of ether oxygens (including phenoxy) is 2. The van der Waals surface area contributed by atoms with Crippen LogP contribution in [0, 0.1) is 3.57 Å². The fourth-order valence-corrected chi connectivity index (χ4v) is 3.61. The predicted molar refractivity (Wildman–Crippen MR) is 133 cm³/mol. The molecule has 0 saturated heterocycles. The molecular weight excluding hydrogens is 563 g/mol. The zero-order valence-corrected chi connectivity index (χ0v) is 20.6. The number of amides is 3. The standard InChI is InChI=1S/C22H22ClIN4O5/c1-2-32-18-10-13(11-25-28-22(31)21(30)26-14-7-8-14)9-16(24)20(18)33-12-19(29)27-17-6-4-3-5-15(17)23/h3-6,9-11,14H,2,7-8,12H2,1H3,(H,26,30)(H,27,29)(H,28,31)/b25-11-. The molecule has 11 heteroatoms. The van der Waals surface area contributed by atoms with Crippen LogP contribution in [0.5, 0.6) is 11.5 Å². The van der Waals surface area contributed by atoms with Crippen LogP contribution < -0.4 is 25.5 Å². The van der Waals surface area contributed by atoms with Crippen LogP contribution in [0.2, 0.25) is 5.02 Å². The van der Waals surface area contributed by atoms with E-state index in [1.165, 1.54) is 6.21 Å². The van der Waals surface area contributed by atoms with Gasteiger partial charge in [0, 0.05) is 6.04 Å². The maximum absolute atomic E-state index is 12.3. The van der Waals surface area contributed by atoms with Gasteiger partial charge in [0.05, 0.1) is 27.1 Å². The molecule has 174 valence electrons. The Kier molecular flexibility index (Phi) is 8.89. The summed E-state index contributed by atoms with van der Waals surface area (Å²) in [7, 11) is 0. The number of nitrogens with zero attached hydrogens (tertiary/aromatic N) is 1. The third kappa shape index (κ3) is 7.60. The Morgan fingerprint density at radius 2 is 1.94 bits per heavy atom. The number of rotatable bonds is 9. The van der Waals surface area contributed by atoms with E-state index >= 15 is 0 Å². The second-order valence-corrected chi connectivity index (χ2v) is 8.60. The van der Waals surface area contributed by atoms with Crippen LogP contribution in [-0.4, -0.2) is 43.2 Å². The van der Waals surface area contributed by atoms with Gasteiger partial charge in [0.1, 0.15) is 0 Å². The first-order valence-electron chi connectivity index (χ1n) is 10.1. The molecule has 1 aliphatic carbocycles. The van der Waals surface area contributed by atoms with Crippen molar-refractivity contribution in [1.82, 2.24) is 10.7 Å². The van der Waals surface area contributed by atoms with Crippen LogP contribution >= 0.6 is 34.2 Å². The summed E-state index contributed by atoms with van der Waals surface area (Å²) in [5, 5.41) is 9.53. The number of hydrazone groups is 1. The smallest absolute Gasteiger partial charge is 0.329 e. The third-order valence-electron chi connectivity index (χ3n) is 4.33. The Morgan fingerprint density at radius 3 is 2.64 bits per heavy atom. The average Bonchev–Trinajstić information content (AvgIpc) is 3.59. The van der Waals surface area contributed by atoms with E-state index in [0.29, 0.717) is 37.9 Å². The number of carbonyl (C=O) groups is 3. The zero-order valence-electron chi connectivity index (χ0n) is 17.7. The van der Waals surface area contributed by atoms with E-state index in [2.05, 4.69) is 43.8 Å². The molecule has 0 bridgehead atoms. The molecule has 9 nitrogen and oxygen atoms in total. The second kappa shape index (κ2) is 11.8. The van der Waals surface area contributed by atoms with E-state index in [9.17, 15) is 14.4 Å². The lowest BCUT2D eigenvalue weighted by Crippen LogP contribution is -2.38. The van der Waals surface area contributed by atoms with Gasteiger partial charge in [-0.05, 0) is 72.2 Å². The van der Waals surface area contributed by atoms with E-state index in [1.807, 2.05) is 6.92 Å². The number of benzene rings is 2. The molecule has 0 spiro atoms. The highest BCUT2D eigenvalue weighted by molar-refractivity contribution is 14.1. The Hall–Kier alpha value is -2.86. The van der Waals surface area contributed by atoms with Gasteiger partial charge >= 0.3 is 11.8 Å². The highest BCUT2D eigenvalue weighted by Gasteiger charge is 2.26. The van der Waals surface area contributed by atoms with Crippen LogP contribution in [0.4, 0.5) is 5.69 Å². The Morgan fingerprint density at radius 1 is 1.18 bits per heavy atom. The van der Waals surface area contributed by atoms with Crippen LogP contribution in [0.25, 0.3) is 0 Å². The highest BCUT2D eigenvalue weighted by atomic mass is 127. The van der Waals surface area contributed by atoms with Crippen molar-refractivity contribution in [2.75, 3.05) is 18.5 Å². The number of hydrogen-bond donors (Lipinski definition) is 3. The van der Waals surface area contributed by atoms with Crippen molar-refractivity contribution in [3.05, 3.63) is 50.6 Å². The van der Waals surface area contributed by atoms with E-state index in [1.54, 1.807) is 36.4 Å². The van der Waals surface area contributed by atoms with E-state index in [0.717, 1.165) is 12.8 Å². The monoisotopic (exact) mass is 584 g/mol. The van der Waals surface area contributed by atoms with Gasteiger partial charge in [-0.3, -0.25) is 14.4 Å². The molecule has 1 fully saturated rings. The fraction of sp³-hybridized carbons (Fsp3) is 0.273. The first-order chi connectivity index (χ1) is 15.9. The van der Waals surface area contributed by atoms with Gasteiger partial charge in [-0.25, -0.2) is 5.43 Å². The van der Waals surface area contributed by atoms with Gasteiger partial charge in [0.25, 0.3) is 5.91 Å². The minimum absolute atomic E-state index is 0.0851. The van der Waals surface area contributed by atoms with Crippen molar-refractivity contribution in [1.29, 1.82) is 0 Å². The van der Waals surface area contributed by atoms with Crippen molar-refractivity contribution in [2.24, 2.45) is 5.10 Å². The van der Waals surface area contributed by atoms with Crippen LogP contribution in [0.15, 0.2) is 41.5 Å². The number of nitrogens with one attached hydrogen (secondary N) is 3.